The van der Waals surface area contributed by atoms with Crippen LogP contribution in [0.25, 0.3) is 4.95 Å². The van der Waals surface area contributed by atoms with Crippen LogP contribution in [0, 0.1) is 6.19 Å². The fraction of sp³-hybridized carbons (Fsp3) is 0.200. The molecule has 4 heteroatoms. The molecular formula is C5H6N3O+. The molecule has 0 aromatic rings. The molecule has 0 radical (unpaired) electrons. The van der Waals surface area contributed by atoms with Crippen LogP contribution in [0.4, 0.5) is 0 Å². The molecule has 0 aliphatic heterocycles. The maximum absolute atomic E-state index is 9.47. The van der Waals surface area contributed by atoms with E-state index >= 15 is 0 Å². The highest BCUT2D eigenvalue weighted by Crippen LogP contribution is 1.59. The molecule has 0 spiro atoms. The Hall–Kier alpha value is -1.59. The molecule has 0 unspecified atom stereocenters. The van der Waals surface area contributed by atoms with Crippen molar-refractivity contribution in [3.63, 3.8) is 0 Å². The Labute approximate surface area is 52.7 Å². The highest BCUT2D eigenvalue weighted by molar-refractivity contribution is 5.54. The van der Waals surface area contributed by atoms with E-state index in [2.05, 4.69) is 21.6 Å². The van der Waals surface area contributed by atoms with Crippen molar-refractivity contribution in [3.05, 3.63) is 11.2 Å². The van der Waals surface area contributed by atoms with E-state index in [1.54, 1.807) is 6.92 Å². The molecule has 0 heterocycles. The van der Waals surface area contributed by atoms with E-state index in [1.165, 1.54) is 12.2 Å². The Morgan fingerprint density at radius 2 is 2.56 bits per heavy atom. The SMILES string of the molecule is CC=NC#[N+]NC=C=O. The van der Waals surface area contributed by atoms with E-state index in [1.807, 2.05) is 0 Å². The van der Waals surface area contributed by atoms with Crippen molar-refractivity contribution in [2.45, 2.75) is 6.92 Å². The van der Waals surface area contributed by atoms with Crippen LogP contribution in [-0.2, 0) is 4.79 Å². The molecular weight excluding hydrogens is 118 g/mol. The van der Waals surface area contributed by atoms with E-state index in [0.717, 1.165) is 6.20 Å². The summed E-state index contributed by atoms with van der Waals surface area (Å²) in [6.07, 6.45) is 4.78. The molecule has 4 nitrogen and oxygen atoms in total. The average molecular weight is 124 g/mol. The number of hydrogen-bond donors (Lipinski definition) is 1. The third-order valence-electron chi connectivity index (χ3n) is 0.425. The first-order chi connectivity index (χ1) is 4.41. The Morgan fingerprint density at radius 1 is 1.78 bits per heavy atom. The summed E-state index contributed by atoms with van der Waals surface area (Å²) in [6, 6.07) is 0. The molecule has 0 aromatic carbocycles. The number of hydrogen-bond acceptors (Lipinski definition) is 3. The van der Waals surface area contributed by atoms with E-state index in [-0.39, 0.29) is 0 Å². The highest BCUT2D eigenvalue weighted by atomic mass is 16.1. The molecule has 0 rings (SSSR count). The summed E-state index contributed by atoms with van der Waals surface area (Å²) in [4.78, 5) is 16.3. The summed E-state index contributed by atoms with van der Waals surface area (Å²) in [5.41, 5.74) is 2.22. The van der Waals surface area contributed by atoms with Crippen molar-refractivity contribution in [1.82, 2.24) is 5.43 Å². The predicted octanol–water partition coefficient (Wildman–Crippen LogP) is 0.217. The molecule has 0 amide bonds. The van der Waals surface area contributed by atoms with Gasteiger partial charge in [0.05, 0.1) is 0 Å². The van der Waals surface area contributed by atoms with Gasteiger partial charge in [-0.25, -0.2) is 4.79 Å². The Kier molecular flexibility index (Phi) is 5.28. The summed E-state index contributed by atoms with van der Waals surface area (Å²) in [5.74, 6) is 1.47. The summed E-state index contributed by atoms with van der Waals surface area (Å²) < 4.78 is 0. The van der Waals surface area contributed by atoms with Crippen LogP contribution in [0.15, 0.2) is 11.2 Å². The molecule has 1 N–H and O–H groups in total. The lowest BCUT2D eigenvalue weighted by atomic mass is 10.9. The van der Waals surface area contributed by atoms with Crippen LogP contribution in [0.5, 0.6) is 0 Å². The van der Waals surface area contributed by atoms with Gasteiger partial charge in [-0.2, -0.15) is 0 Å². The van der Waals surface area contributed by atoms with E-state index < -0.39 is 0 Å². The quantitative estimate of drug-likeness (QED) is 0.235. The maximum Gasteiger partial charge on any atom is 0.458 e. The molecule has 0 saturated heterocycles. The second-order valence-electron chi connectivity index (χ2n) is 0.990. The van der Waals surface area contributed by atoms with Crippen LogP contribution >= 0.6 is 0 Å². The molecule has 0 aromatic heterocycles. The molecule has 0 aliphatic carbocycles. The van der Waals surface area contributed by atoms with Gasteiger partial charge in [0.1, 0.15) is 18.4 Å². The van der Waals surface area contributed by atoms with Gasteiger partial charge in [0.15, 0.2) is 0 Å². The van der Waals surface area contributed by atoms with Crippen LogP contribution in [0.2, 0.25) is 0 Å². The van der Waals surface area contributed by atoms with Gasteiger partial charge < -0.3 is 0 Å². The van der Waals surface area contributed by atoms with Crippen molar-refractivity contribution in [3.8, 4) is 6.19 Å². The summed E-state index contributed by atoms with van der Waals surface area (Å²) in [7, 11) is 0. The molecule has 0 saturated carbocycles. The van der Waals surface area contributed by atoms with Crippen LogP contribution < -0.4 is 5.43 Å². The van der Waals surface area contributed by atoms with E-state index in [0.29, 0.717) is 0 Å². The Morgan fingerprint density at radius 3 is 3.11 bits per heavy atom. The van der Waals surface area contributed by atoms with Gasteiger partial charge in [0, 0.05) is 4.99 Å². The number of carbonyl (C=O) groups excluding carboxylic acids is 1. The molecule has 46 valence electrons. The van der Waals surface area contributed by atoms with Gasteiger partial charge in [-0.3, -0.25) is 0 Å². The van der Waals surface area contributed by atoms with Crippen molar-refractivity contribution in [2.24, 2.45) is 4.99 Å². The van der Waals surface area contributed by atoms with E-state index in [9.17, 15) is 4.79 Å². The van der Waals surface area contributed by atoms with Crippen LogP contribution in [0.1, 0.15) is 6.92 Å². The maximum atomic E-state index is 9.47. The number of nitrogens with zero attached hydrogens (tertiary/aromatic N) is 2. The van der Waals surface area contributed by atoms with Crippen LogP contribution in [-0.4, -0.2) is 12.2 Å². The number of nitrogens with one attached hydrogen (secondary N) is 1. The van der Waals surface area contributed by atoms with Crippen molar-refractivity contribution >= 4 is 12.2 Å². The first-order valence-electron chi connectivity index (χ1n) is 2.29. The standard InChI is InChI=1S/C5H6N3O/c1-2-6-5-8-7-3-4-9/h2-3,7H,1H3/q+1. The molecule has 0 bridgehead atoms. The summed E-state index contributed by atoms with van der Waals surface area (Å²) in [6.45, 7) is 1.73. The van der Waals surface area contributed by atoms with Crippen molar-refractivity contribution in [1.29, 1.82) is 0 Å². The first-order valence-corrected chi connectivity index (χ1v) is 2.29. The minimum absolute atomic E-state index is 1.01. The largest absolute Gasteiger partial charge is 0.458 e. The lowest BCUT2D eigenvalue weighted by molar-refractivity contribution is 0.568. The number of aliphatic imine (C=N–C) groups is 1. The van der Waals surface area contributed by atoms with Gasteiger partial charge >= 0.3 is 6.19 Å². The fourth-order valence-corrected chi connectivity index (χ4v) is 0.174. The number of rotatable bonds is 1. The van der Waals surface area contributed by atoms with E-state index in [4.69, 9.17) is 0 Å². The topological polar surface area (TPSA) is 45.8 Å². The van der Waals surface area contributed by atoms with Crippen molar-refractivity contribution < 1.29 is 4.79 Å². The Balaban J connectivity index is 3.49. The second kappa shape index (κ2) is 6.41. The van der Waals surface area contributed by atoms with Gasteiger partial charge in [-0.05, 0) is 11.9 Å². The molecule has 0 aliphatic rings. The first kappa shape index (κ1) is 7.41. The second-order valence-corrected chi connectivity index (χ2v) is 0.990. The molecule has 0 fully saturated rings. The lowest BCUT2D eigenvalue weighted by Gasteiger charge is -1.62. The van der Waals surface area contributed by atoms with Gasteiger partial charge in [0.2, 0.25) is 0 Å². The van der Waals surface area contributed by atoms with Gasteiger partial charge in [-0.15, -0.1) is 5.43 Å². The average Bonchev–Trinajstić information content (AvgIpc) is 1.89. The minimum atomic E-state index is 1.01. The Bertz CT molecular complexity index is 192. The van der Waals surface area contributed by atoms with Gasteiger partial charge in [-0.1, -0.05) is 0 Å². The summed E-state index contributed by atoms with van der Waals surface area (Å²) >= 11 is 0. The lowest BCUT2D eigenvalue weighted by Crippen LogP contribution is -1.86. The monoisotopic (exact) mass is 124 g/mol. The molecule has 0 atom stereocenters. The minimum Gasteiger partial charge on any atom is -0.232 e. The third kappa shape index (κ3) is 6.41. The zero-order valence-electron chi connectivity index (χ0n) is 4.96. The van der Waals surface area contributed by atoms with Gasteiger partial charge in [0.25, 0.3) is 0 Å². The zero-order valence-corrected chi connectivity index (χ0v) is 4.96. The third-order valence-corrected chi connectivity index (χ3v) is 0.425. The highest BCUT2D eigenvalue weighted by Gasteiger charge is 1.72. The van der Waals surface area contributed by atoms with Crippen molar-refractivity contribution in [2.75, 3.05) is 0 Å². The predicted molar refractivity (Wildman–Crippen MR) is 34.8 cm³/mol. The van der Waals surface area contributed by atoms with Crippen LogP contribution in [0.3, 0.4) is 0 Å². The normalized spacial score (nSPS) is 7.22. The smallest absolute Gasteiger partial charge is 0.232 e. The molecule has 9 heavy (non-hydrogen) atoms. The fourth-order valence-electron chi connectivity index (χ4n) is 0.174. The zero-order chi connectivity index (χ0) is 6.95. The summed E-state index contributed by atoms with van der Waals surface area (Å²) in [5, 5.41) is 0.